The topological polar surface area (TPSA) is 65.8 Å². The molecule has 0 aromatic heterocycles. The van der Waals surface area contributed by atoms with Gasteiger partial charge in [0.25, 0.3) is 0 Å². The van der Waals surface area contributed by atoms with E-state index in [2.05, 4.69) is 20.6 Å². The van der Waals surface area contributed by atoms with Gasteiger partial charge in [0, 0.05) is 11.8 Å². The molecule has 0 bridgehead atoms. The lowest BCUT2D eigenvalue weighted by Gasteiger charge is -2.26. The van der Waals surface area contributed by atoms with Crippen molar-refractivity contribution in [2.45, 2.75) is 56.0 Å². The number of nitrogens with zero attached hydrogens (tertiary/aromatic N) is 2. The summed E-state index contributed by atoms with van der Waals surface area (Å²) in [6.45, 7) is 1.19. The van der Waals surface area contributed by atoms with E-state index >= 15 is 0 Å². The van der Waals surface area contributed by atoms with Gasteiger partial charge in [0.2, 0.25) is 5.91 Å². The molecule has 2 N–H and O–H groups in total. The average molecular weight is 409 g/mol. The van der Waals surface area contributed by atoms with Crippen LogP contribution in [0, 0.1) is 5.92 Å². The van der Waals surface area contributed by atoms with Crippen LogP contribution in [-0.4, -0.2) is 53.8 Å². The second-order valence-electron chi connectivity index (χ2n) is 7.83. The minimum Gasteiger partial charge on any atom is -0.314 e. The van der Waals surface area contributed by atoms with Crippen molar-refractivity contribution in [3.63, 3.8) is 0 Å². The molecule has 8 heteroatoms. The Morgan fingerprint density at radius 1 is 1.25 bits per heavy atom. The van der Waals surface area contributed by atoms with Crippen LogP contribution >= 0.6 is 11.8 Å². The Bertz CT molecular complexity index is 742. The van der Waals surface area contributed by atoms with Crippen molar-refractivity contribution in [3.05, 3.63) is 23.7 Å². The van der Waals surface area contributed by atoms with Gasteiger partial charge in [0.05, 0.1) is 23.2 Å². The fraction of sp³-hybridized carbons (Fsp3) is 0.650. The summed E-state index contributed by atoms with van der Waals surface area (Å²) in [4.78, 5) is 21.6. The van der Waals surface area contributed by atoms with Crippen LogP contribution < -0.4 is 10.6 Å². The fourth-order valence-corrected chi connectivity index (χ4v) is 5.30. The van der Waals surface area contributed by atoms with Crippen LogP contribution in [0.25, 0.3) is 0 Å². The highest BCUT2D eigenvalue weighted by Crippen LogP contribution is 2.32. The van der Waals surface area contributed by atoms with Gasteiger partial charge in [-0.3, -0.25) is 9.79 Å². The number of hydrogen-bond donors (Lipinski definition) is 2. The third kappa shape index (κ3) is 4.71. The monoisotopic (exact) mass is 408 g/mol. The van der Waals surface area contributed by atoms with Gasteiger partial charge < -0.3 is 10.6 Å². The SMILES string of the molecule is O=C1NC(CS[C@H]2CCNC[C@H](F)C2)=NC2=CC(=NC3CCCC3)C=C(F)C12. The van der Waals surface area contributed by atoms with Crippen molar-refractivity contribution in [1.29, 1.82) is 0 Å². The van der Waals surface area contributed by atoms with Crippen molar-refractivity contribution >= 4 is 29.2 Å². The van der Waals surface area contributed by atoms with Crippen LogP contribution in [0.2, 0.25) is 0 Å². The van der Waals surface area contributed by atoms with E-state index in [0.29, 0.717) is 36.0 Å². The zero-order valence-corrected chi connectivity index (χ0v) is 16.6. The van der Waals surface area contributed by atoms with Crippen molar-refractivity contribution < 1.29 is 13.6 Å². The van der Waals surface area contributed by atoms with Gasteiger partial charge in [-0.1, -0.05) is 12.8 Å². The van der Waals surface area contributed by atoms with Gasteiger partial charge in [0.1, 0.15) is 23.8 Å². The van der Waals surface area contributed by atoms with E-state index in [1.165, 1.54) is 6.08 Å². The molecule has 3 atom stereocenters. The number of thioether (sulfide) groups is 1. The third-order valence-electron chi connectivity index (χ3n) is 5.59. The van der Waals surface area contributed by atoms with Crippen LogP contribution in [0.3, 0.4) is 0 Å². The molecule has 4 aliphatic rings. The molecule has 152 valence electrons. The molecule has 5 nitrogen and oxygen atoms in total. The lowest BCUT2D eigenvalue weighted by atomic mass is 9.94. The van der Waals surface area contributed by atoms with E-state index < -0.39 is 23.8 Å². The van der Waals surface area contributed by atoms with Gasteiger partial charge in [-0.05, 0) is 44.4 Å². The molecule has 4 rings (SSSR count). The number of fused-ring (bicyclic) bond motifs is 1. The molecule has 0 aromatic carbocycles. The molecule has 2 heterocycles. The van der Waals surface area contributed by atoms with E-state index in [1.54, 1.807) is 17.8 Å². The Labute approximate surface area is 168 Å². The minimum absolute atomic E-state index is 0.179. The molecule has 0 aromatic rings. The lowest BCUT2D eigenvalue weighted by Crippen LogP contribution is -2.43. The first-order valence-electron chi connectivity index (χ1n) is 10.1. The molecule has 0 spiro atoms. The lowest BCUT2D eigenvalue weighted by molar-refractivity contribution is -0.122. The summed E-state index contributed by atoms with van der Waals surface area (Å²) >= 11 is 1.60. The largest absolute Gasteiger partial charge is 0.314 e. The fourth-order valence-electron chi connectivity index (χ4n) is 4.14. The maximum atomic E-state index is 14.5. The summed E-state index contributed by atoms with van der Waals surface area (Å²) < 4.78 is 28.3. The van der Waals surface area contributed by atoms with E-state index in [0.717, 1.165) is 38.6 Å². The first-order valence-corrected chi connectivity index (χ1v) is 11.1. The zero-order chi connectivity index (χ0) is 19.5. The Morgan fingerprint density at radius 2 is 2.07 bits per heavy atom. The van der Waals surface area contributed by atoms with Gasteiger partial charge in [-0.15, -0.1) is 0 Å². The summed E-state index contributed by atoms with van der Waals surface area (Å²) in [6, 6.07) is 0.237. The van der Waals surface area contributed by atoms with E-state index in [9.17, 15) is 13.6 Å². The molecule has 2 aliphatic carbocycles. The highest BCUT2D eigenvalue weighted by molar-refractivity contribution is 8.00. The van der Waals surface area contributed by atoms with E-state index in [1.807, 2.05) is 0 Å². The number of carbonyl (C=O) groups excluding carboxylic acids is 1. The maximum absolute atomic E-state index is 14.5. The van der Waals surface area contributed by atoms with Crippen LogP contribution in [0.1, 0.15) is 38.5 Å². The number of amidine groups is 1. The Balaban J connectivity index is 1.46. The molecule has 1 amide bonds. The predicted octanol–water partition coefficient (Wildman–Crippen LogP) is 3.09. The summed E-state index contributed by atoms with van der Waals surface area (Å²) in [5, 5.41) is 5.99. The molecule has 1 saturated heterocycles. The number of carbonyl (C=O) groups is 1. The highest BCUT2D eigenvalue weighted by atomic mass is 32.2. The van der Waals surface area contributed by atoms with Crippen molar-refractivity contribution in [2.24, 2.45) is 15.9 Å². The molecule has 1 unspecified atom stereocenters. The summed E-state index contributed by atoms with van der Waals surface area (Å²) in [5.41, 5.74) is 0.984. The number of alkyl halides is 1. The van der Waals surface area contributed by atoms with Crippen molar-refractivity contribution in [2.75, 3.05) is 18.8 Å². The number of halogens is 2. The van der Waals surface area contributed by atoms with E-state index in [4.69, 9.17) is 0 Å². The van der Waals surface area contributed by atoms with Gasteiger partial charge >= 0.3 is 0 Å². The second kappa shape index (κ2) is 8.86. The number of rotatable bonds is 4. The molecular weight excluding hydrogens is 382 g/mol. The highest BCUT2D eigenvalue weighted by Gasteiger charge is 2.35. The molecular formula is C20H26F2N4OS. The quantitative estimate of drug-likeness (QED) is 0.751. The van der Waals surface area contributed by atoms with Gasteiger partial charge in [0.15, 0.2) is 0 Å². The van der Waals surface area contributed by atoms with Crippen LogP contribution in [0.4, 0.5) is 8.78 Å². The smallest absolute Gasteiger partial charge is 0.241 e. The summed E-state index contributed by atoms with van der Waals surface area (Å²) in [6.07, 6.45) is 8.01. The Morgan fingerprint density at radius 3 is 2.89 bits per heavy atom. The number of hydrogen-bond acceptors (Lipinski definition) is 5. The average Bonchev–Trinajstić information content (AvgIpc) is 3.06. The minimum atomic E-state index is -0.978. The third-order valence-corrected chi connectivity index (χ3v) is 6.93. The zero-order valence-electron chi connectivity index (χ0n) is 15.8. The van der Waals surface area contributed by atoms with Crippen molar-refractivity contribution in [3.8, 4) is 0 Å². The summed E-state index contributed by atoms with van der Waals surface area (Å²) in [5.74, 6) is -0.879. The standard InChI is InChI=1S/C20H26F2N4OS/c21-12-7-15(5-6-23-10-12)28-11-18-25-17-9-14(24-13-3-1-2-4-13)8-16(22)19(17)20(27)26-18/h8-9,12-13,15,19,23H,1-7,10-11H2,(H,25,26,27)/t12-,15+,19?/m1/s1. The normalized spacial score (nSPS) is 32.9. The Hall–Kier alpha value is -1.54. The van der Waals surface area contributed by atoms with Crippen molar-refractivity contribution in [1.82, 2.24) is 10.6 Å². The molecule has 0 radical (unpaired) electrons. The van der Waals surface area contributed by atoms with Crippen LogP contribution in [-0.2, 0) is 4.79 Å². The first kappa shape index (κ1) is 19.8. The first-order chi connectivity index (χ1) is 13.6. The molecule has 2 aliphatic heterocycles. The molecule has 2 fully saturated rings. The number of aliphatic imine (C=N–C) groups is 2. The van der Waals surface area contributed by atoms with Gasteiger partial charge in [-0.2, -0.15) is 11.8 Å². The van der Waals surface area contributed by atoms with Gasteiger partial charge in [-0.25, -0.2) is 13.8 Å². The molecule has 1 saturated carbocycles. The van der Waals surface area contributed by atoms with E-state index in [-0.39, 0.29) is 11.3 Å². The molecule has 28 heavy (non-hydrogen) atoms. The van der Waals surface area contributed by atoms with Crippen LogP contribution in [0.5, 0.6) is 0 Å². The number of amides is 1. The summed E-state index contributed by atoms with van der Waals surface area (Å²) in [7, 11) is 0. The van der Waals surface area contributed by atoms with Crippen LogP contribution in [0.15, 0.2) is 33.7 Å². The maximum Gasteiger partial charge on any atom is 0.241 e. The predicted molar refractivity (Wildman–Crippen MR) is 109 cm³/mol. The number of nitrogens with one attached hydrogen (secondary N) is 2. The number of allylic oxidation sites excluding steroid dienone is 2. The second-order valence-corrected chi connectivity index (χ2v) is 9.12. The Kier molecular flexibility index (Phi) is 6.25.